The molecule has 1 fully saturated rings. The molecule has 1 saturated heterocycles. The van der Waals surface area contributed by atoms with Crippen LogP contribution in [0.5, 0.6) is 0 Å². The first kappa shape index (κ1) is 26.1. The first-order valence-corrected chi connectivity index (χ1v) is 12.7. The van der Waals surface area contributed by atoms with E-state index in [0.29, 0.717) is 23.1 Å². The maximum atomic E-state index is 13.0. The average molecular weight is 526 g/mol. The number of nitrogens with one attached hydrogen (secondary N) is 1. The number of amides is 1. The van der Waals surface area contributed by atoms with E-state index < -0.39 is 11.7 Å². The maximum absolute atomic E-state index is 13.0. The van der Waals surface area contributed by atoms with Gasteiger partial charge in [0.05, 0.1) is 42.6 Å². The number of pyridine rings is 1. The molecule has 5 rings (SSSR count). The minimum atomic E-state index is -4.41. The van der Waals surface area contributed by atoms with Gasteiger partial charge in [-0.15, -0.1) is 0 Å². The molecule has 1 aliphatic carbocycles. The zero-order valence-corrected chi connectivity index (χ0v) is 21.4. The maximum Gasteiger partial charge on any atom is 0.416 e. The quantitative estimate of drug-likeness (QED) is 0.488. The molecular weight excluding hydrogens is 495 g/mol. The summed E-state index contributed by atoms with van der Waals surface area (Å²) in [4.78, 5) is 24.4. The number of imidazole rings is 1. The Morgan fingerprint density at radius 3 is 2.47 bits per heavy atom. The number of nitrogens with zero attached hydrogens (tertiary/aromatic N) is 4. The molecule has 0 radical (unpaired) electrons. The fourth-order valence-electron chi connectivity index (χ4n) is 5.18. The summed E-state index contributed by atoms with van der Waals surface area (Å²) in [7, 11) is 1.65. The molecule has 3 aromatic rings. The van der Waals surface area contributed by atoms with E-state index in [1.807, 2.05) is 13.0 Å². The number of hydrogen-bond acceptors (Lipinski definition) is 5. The first-order valence-electron chi connectivity index (χ1n) is 12.7. The number of hydrogen-bond donors (Lipinski definition) is 1. The highest BCUT2D eigenvalue weighted by Gasteiger charge is 2.30. The van der Waals surface area contributed by atoms with Crippen molar-refractivity contribution in [1.29, 1.82) is 0 Å². The Labute approximate surface area is 219 Å². The van der Waals surface area contributed by atoms with Gasteiger partial charge in [0.15, 0.2) is 0 Å². The molecule has 1 amide bonds. The molecule has 2 aliphatic rings. The van der Waals surface area contributed by atoms with Crippen molar-refractivity contribution in [2.24, 2.45) is 7.05 Å². The summed E-state index contributed by atoms with van der Waals surface area (Å²) < 4.78 is 45.7. The van der Waals surface area contributed by atoms with Crippen LogP contribution in [0.15, 0.2) is 48.8 Å². The van der Waals surface area contributed by atoms with Crippen molar-refractivity contribution in [3.05, 3.63) is 71.3 Å². The molecule has 1 aliphatic heterocycles. The highest BCUT2D eigenvalue weighted by Crippen LogP contribution is 2.32. The molecule has 200 valence electrons. The third-order valence-electron chi connectivity index (χ3n) is 7.28. The topological polar surface area (TPSA) is 72.3 Å². The van der Waals surface area contributed by atoms with Crippen LogP contribution in [0, 0.1) is 6.92 Å². The van der Waals surface area contributed by atoms with Crippen molar-refractivity contribution in [2.45, 2.75) is 38.4 Å². The van der Waals surface area contributed by atoms with Crippen molar-refractivity contribution in [3.8, 4) is 11.4 Å². The predicted octanol–water partition coefficient (Wildman–Crippen LogP) is 5.33. The van der Waals surface area contributed by atoms with Crippen molar-refractivity contribution < 1.29 is 22.7 Å². The highest BCUT2D eigenvalue weighted by molar-refractivity contribution is 6.03. The molecule has 0 saturated carbocycles. The molecule has 0 bridgehead atoms. The zero-order valence-electron chi connectivity index (χ0n) is 21.4. The number of ether oxygens (including phenoxy) is 1. The Kier molecular flexibility index (Phi) is 7.36. The third-order valence-corrected chi connectivity index (χ3v) is 7.28. The van der Waals surface area contributed by atoms with E-state index in [1.165, 1.54) is 23.9 Å². The second kappa shape index (κ2) is 10.7. The number of aryl methyl sites for hydroxylation is 1. The van der Waals surface area contributed by atoms with E-state index in [0.717, 1.165) is 69.0 Å². The molecule has 0 spiro atoms. The van der Waals surface area contributed by atoms with Crippen LogP contribution in [0.1, 0.15) is 46.6 Å². The molecule has 10 heteroatoms. The van der Waals surface area contributed by atoms with Crippen molar-refractivity contribution >= 4 is 17.2 Å². The van der Waals surface area contributed by atoms with Crippen LogP contribution < -0.4 is 5.32 Å². The normalized spacial score (nSPS) is 18.8. The van der Waals surface area contributed by atoms with Gasteiger partial charge >= 0.3 is 6.18 Å². The van der Waals surface area contributed by atoms with Gasteiger partial charge in [0.1, 0.15) is 11.5 Å². The van der Waals surface area contributed by atoms with E-state index in [-0.39, 0.29) is 11.6 Å². The molecule has 1 unspecified atom stereocenters. The average Bonchev–Trinajstić information content (AvgIpc) is 3.30. The van der Waals surface area contributed by atoms with Gasteiger partial charge in [0, 0.05) is 31.7 Å². The minimum Gasteiger partial charge on any atom is -0.379 e. The monoisotopic (exact) mass is 525 g/mol. The second-order valence-corrected chi connectivity index (χ2v) is 9.75. The number of aromatic nitrogens is 3. The molecular formula is C28H30F3N5O2. The minimum absolute atomic E-state index is 0.283. The van der Waals surface area contributed by atoms with Gasteiger partial charge in [-0.1, -0.05) is 18.2 Å². The van der Waals surface area contributed by atoms with Crippen molar-refractivity contribution in [1.82, 2.24) is 19.4 Å². The lowest BCUT2D eigenvalue weighted by atomic mass is 9.90. The van der Waals surface area contributed by atoms with Crippen LogP contribution in [-0.4, -0.2) is 57.7 Å². The van der Waals surface area contributed by atoms with Crippen LogP contribution in [-0.2, 0) is 18.0 Å². The predicted molar refractivity (Wildman–Crippen MR) is 139 cm³/mol. The standard InChI is InChI=1S/C28H30F3N5O2/c1-18-15-22(16-32-25(18)19-5-9-23(10-6-19)36-11-13-38-14-12-36)34-27(37)24-17-33-26(35(24)2)20-3-7-21(8-4-20)28(29,30)31/h3-5,7-8,15-17,23H,6,9-14H2,1-2H3,(H,34,37). The fraction of sp³-hybridized carbons (Fsp3) is 0.393. The van der Waals surface area contributed by atoms with Crippen LogP contribution in [0.3, 0.4) is 0 Å². The van der Waals surface area contributed by atoms with Gasteiger partial charge in [-0.05, 0) is 55.5 Å². The summed E-state index contributed by atoms with van der Waals surface area (Å²) >= 11 is 0. The van der Waals surface area contributed by atoms with Crippen LogP contribution in [0.2, 0.25) is 0 Å². The summed E-state index contributed by atoms with van der Waals surface area (Å²) in [6, 6.07) is 7.16. The Balaban J connectivity index is 1.25. The number of carbonyl (C=O) groups is 1. The molecule has 1 atom stereocenters. The van der Waals surface area contributed by atoms with Crippen molar-refractivity contribution in [3.63, 3.8) is 0 Å². The summed E-state index contributed by atoms with van der Waals surface area (Å²) in [5.74, 6) is 0.0190. The number of allylic oxidation sites excluding steroid dienone is 1. The van der Waals surface area contributed by atoms with Gasteiger partial charge in [0.25, 0.3) is 5.91 Å². The van der Waals surface area contributed by atoms with Crippen LogP contribution in [0.4, 0.5) is 18.9 Å². The van der Waals surface area contributed by atoms with Crippen molar-refractivity contribution in [2.75, 3.05) is 31.6 Å². The fourth-order valence-corrected chi connectivity index (χ4v) is 5.18. The van der Waals surface area contributed by atoms with E-state index in [2.05, 4.69) is 26.3 Å². The number of morpholine rings is 1. The summed E-state index contributed by atoms with van der Waals surface area (Å²) in [6.07, 6.45) is 3.99. The number of alkyl halides is 3. The number of rotatable bonds is 5. The first-order chi connectivity index (χ1) is 18.2. The Morgan fingerprint density at radius 2 is 1.84 bits per heavy atom. The highest BCUT2D eigenvalue weighted by atomic mass is 19.4. The lowest BCUT2D eigenvalue weighted by Gasteiger charge is -2.36. The van der Waals surface area contributed by atoms with Crippen LogP contribution in [0.25, 0.3) is 17.0 Å². The molecule has 1 N–H and O–H groups in total. The van der Waals surface area contributed by atoms with E-state index >= 15 is 0 Å². The van der Waals surface area contributed by atoms with Crippen LogP contribution >= 0.6 is 0 Å². The molecule has 1 aromatic carbocycles. The van der Waals surface area contributed by atoms with Gasteiger partial charge < -0.3 is 14.6 Å². The molecule has 7 nitrogen and oxygen atoms in total. The second-order valence-electron chi connectivity index (χ2n) is 9.75. The summed E-state index contributed by atoms with van der Waals surface area (Å²) in [5.41, 5.74) is 3.76. The van der Waals surface area contributed by atoms with Gasteiger partial charge in [-0.25, -0.2) is 4.98 Å². The smallest absolute Gasteiger partial charge is 0.379 e. The molecule has 3 heterocycles. The zero-order chi connectivity index (χ0) is 26.9. The number of carbonyl (C=O) groups excluding carboxylic acids is 1. The lowest BCUT2D eigenvalue weighted by Crippen LogP contribution is -2.43. The Morgan fingerprint density at radius 1 is 1.11 bits per heavy atom. The number of halogens is 3. The van der Waals surface area contributed by atoms with E-state index in [4.69, 9.17) is 4.74 Å². The van der Waals surface area contributed by atoms with Gasteiger partial charge in [-0.2, -0.15) is 13.2 Å². The third kappa shape index (κ3) is 5.51. The Hall–Kier alpha value is -3.50. The largest absolute Gasteiger partial charge is 0.416 e. The van der Waals surface area contributed by atoms with Gasteiger partial charge in [0.2, 0.25) is 0 Å². The SMILES string of the molecule is Cc1cc(NC(=O)c2cnc(-c3ccc(C(F)(F)F)cc3)n2C)cnc1C1=CCC(N2CCOCC2)CC1. The molecule has 2 aromatic heterocycles. The summed E-state index contributed by atoms with van der Waals surface area (Å²) in [6.45, 7) is 5.57. The lowest BCUT2D eigenvalue weighted by molar-refractivity contribution is -0.137. The van der Waals surface area contributed by atoms with E-state index in [9.17, 15) is 18.0 Å². The number of benzene rings is 1. The van der Waals surface area contributed by atoms with E-state index in [1.54, 1.807) is 17.8 Å². The van der Waals surface area contributed by atoms with Gasteiger partial charge in [-0.3, -0.25) is 14.7 Å². The molecule has 38 heavy (non-hydrogen) atoms. The summed E-state index contributed by atoms with van der Waals surface area (Å²) in [5, 5.41) is 2.86. The number of anilines is 1. The Bertz CT molecular complexity index is 1340.